The molecule has 0 aliphatic rings. The van der Waals surface area contributed by atoms with Crippen molar-refractivity contribution in [3.05, 3.63) is 83.4 Å². The van der Waals surface area contributed by atoms with Gasteiger partial charge in [0.2, 0.25) is 0 Å². The molecule has 0 aromatic heterocycles. The van der Waals surface area contributed by atoms with Crippen molar-refractivity contribution in [2.45, 2.75) is 6.92 Å². The summed E-state index contributed by atoms with van der Waals surface area (Å²) >= 11 is 0. The smallest absolute Gasteiger partial charge is 0.146 e. The maximum absolute atomic E-state index is 9.37. The highest BCUT2D eigenvalue weighted by Gasteiger charge is 2.13. The Balaban J connectivity index is 2.11. The number of hydrogen-bond acceptors (Lipinski definition) is 3. The lowest BCUT2D eigenvalue weighted by Gasteiger charge is -2.13. The average molecular weight is 310 g/mol. The lowest BCUT2D eigenvalue weighted by Crippen LogP contribution is -1.94. The van der Waals surface area contributed by atoms with Gasteiger partial charge in [-0.15, -0.1) is 0 Å². The van der Waals surface area contributed by atoms with E-state index >= 15 is 0 Å². The van der Waals surface area contributed by atoms with E-state index in [9.17, 15) is 5.26 Å². The fourth-order valence-corrected chi connectivity index (χ4v) is 2.51. The number of ether oxygens (including phenoxy) is 1. The van der Waals surface area contributed by atoms with Crippen LogP contribution in [0.4, 0.5) is 0 Å². The Bertz CT molecular complexity index is 963. The van der Waals surface area contributed by atoms with E-state index in [0.717, 1.165) is 16.7 Å². The second-order valence-corrected chi connectivity index (χ2v) is 5.37. The Morgan fingerprint density at radius 3 is 2.29 bits per heavy atom. The Morgan fingerprint density at radius 2 is 1.58 bits per heavy atom. The zero-order valence-corrected chi connectivity index (χ0v) is 13.2. The van der Waals surface area contributed by atoms with Crippen LogP contribution in [0.15, 0.2) is 66.7 Å². The van der Waals surface area contributed by atoms with Crippen LogP contribution in [0.25, 0.3) is 11.1 Å². The van der Waals surface area contributed by atoms with Gasteiger partial charge in [0.05, 0.1) is 5.56 Å². The Morgan fingerprint density at radius 1 is 0.792 bits per heavy atom. The van der Waals surface area contributed by atoms with E-state index in [1.165, 1.54) is 0 Å². The van der Waals surface area contributed by atoms with Crippen molar-refractivity contribution in [2.75, 3.05) is 0 Å². The molecule has 0 saturated carbocycles. The summed E-state index contributed by atoms with van der Waals surface area (Å²) in [6.45, 7) is 1.98. The second kappa shape index (κ2) is 6.69. The van der Waals surface area contributed by atoms with Crippen molar-refractivity contribution >= 4 is 0 Å². The van der Waals surface area contributed by atoms with Crippen LogP contribution in [0.5, 0.6) is 11.5 Å². The van der Waals surface area contributed by atoms with Gasteiger partial charge in [-0.25, -0.2) is 0 Å². The van der Waals surface area contributed by atoms with Crippen LogP contribution >= 0.6 is 0 Å². The number of nitrogens with zero attached hydrogens (tertiary/aromatic N) is 2. The minimum absolute atomic E-state index is 0.250. The molecule has 3 aromatic rings. The number of hydrogen-bond donors (Lipinski definition) is 0. The molecule has 3 aromatic carbocycles. The van der Waals surface area contributed by atoms with Crippen LogP contribution in [0, 0.1) is 29.6 Å². The normalized spacial score (nSPS) is 9.79. The summed E-state index contributed by atoms with van der Waals surface area (Å²) in [4.78, 5) is 0. The topological polar surface area (TPSA) is 56.8 Å². The maximum Gasteiger partial charge on any atom is 0.146 e. The molecule has 3 nitrogen and oxygen atoms in total. The molecule has 0 heterocycles. The molecule has 0 unspecified atom stereocenters. The average Bonchev–Trinajstić information content (AvgIpc) is 2.62. The molecule has 0 bridgehead atoms. The summed E-state index contributed by atoms with van der Waals surface area (Å²) in [6.07, 6.45) is 0. The van der Waals surface area contributed by atoms with Gasteiger partial charge in [-0.1, -0.05) is 48.5 Å². The number of rotatable bonds is 3. The Hall–Kier alpha value is -3.56. The number of aryl methyl sites for hydroxylation is 1. The van der Waals surface area contributed by atoms with Gasteiger partial charge in [0.25, 0.3) is 0 Å². The van der Waals surface area contributed by atoms with Crippen molar-refractivity contribution < 1.29 is 4.74 Å². The lowest BCUT2D eigenvalue weighted by atomic mass is 10.0. The molecule has 0 atom stereocenters. The van der Waals surface area contributed by atoms with Crippen LogP contribution in [-0.4, -0.2) is 0 Å². The molecule has 0 N–H and O–H groups in total. The Kier molecular flexibility index (Phi) is 4.27. The van der Waals surface area contributed by atoms with Crippen molar-refractivity contribution in [3.63, 3.8) is 0 Å². The molecule has 0 saturated heterocycles. The summed E-state index contributed by atoms with van der Waals surface area (Å²) in [5.74, 6) is 1.05. The Labute approximate surface area is 141 Å². The second-order valence-electron chi connectivity index (χ2n) is 5.37. The van der Waals surface area contributed by atoms with Crippen molar-refractivity contribution in [3.8, 4) is 34.8 Å². The molecule has 0 spiro atoms. The van der Waals surface area contributed by atoms with Gasteiger partial charge >= 0.3 is 0 Å². The van der Waals surface area contributed by atoms with Crippen LogP contribution in [0.2, 0.25) is 0 Å². The van der Waals surface area contributed by atoms with Crippen LogP contribution < -0.4 is 4.74 Å². The largest absolute Gasteiger partial charge is 0.455 e. The molecule has 3 rings (SSSR count). The standard InChI is InChI=1S/C21H14N2O/c1-15-10-11-18(16-6-3-2-4-7-16)21(12-15)24-20-9-5-8-17(13-22)19(20)14-23/h2-12H,1H3. The van der Waals surface area contributed by atoms with E-state index in [4.69, 9.17) is 10.00 Å². The van der Waals surface area contributed by atoms with Gasteiger partial charge in [-0.2, -0.15) is 10.5 Å². The summed E-state index contributed by atoms with van der Waals surface area (Å²) in [5.41, 5.74) is 3.58. The predicted octanol–water partition coefficient (Wildman–Crippen LogP) is 5.20. The van der Waals surface area contributed by atoms with Gasteiger partial charge in [-0.3, -0.25) is 0 Å². The first-order valence-corrected chi connectivity index (χ1v) is 7.50. The minimum Gasteiger partial charge on any atom is -0.455 e. The molecule has 24 heavy (non-hydrogen) atoms. The van der Waals surface area contributed by atoms with E-state index in [1.54, 1.807) is 18.2 Å². The summed E-state index contributed by atoms with van der Waals surface area (Å²) in [5, 5.41) is 18.5. The summed E-state index contributed by atoms with van der Waals surface area (Å²) in [7, 11) is 0. The third kappa shape index (κ3) is 2.97. The molecule has 0 aliphatic carbocycles. The molecular weight excluding hydrogens is 296 g/mol. The van der Waals surface area contributed by atoms with E-state index in [-0.39, 0.29) is 5.56 Å². The molecule has 0 fully saturated rings. The molecule has 114 valence electrons. The predicted molar refractivity (Wildman–Crippen MR) is 92.6 cm³/mol. The third-order valence-corrected chi connectivity index (χ3v) is 3.70. The zero-order chi connectivity index (χ0) is 16.9. The summed E-state index contributed by atoms with van der Waals surface area (Å²) in [6, 6.07) is 25.0. The quantitative estimate of drug-likeness (QED) is 0.668. The zero-order valence-electron chi connectivity index (χ0n) is 13.2. The van der Waals surface area contributed by atoms with Crippen molar-refractivity contribution in [1.82, 2.24) is 0 Å². The molecule has 0 amide bonds. The van der Waals surface area contributed by atoms with Gasteiger partial charge < -0.3 is 4.74 Å². The van der Waals surface area contributed by atoms with Gasteiger partial charge in [-0.05, 0) is 36.2 Å². The molecule has 0 radical (unpaired) electrons. The van der Waals surface area contributed by atoms with Crippen molar-refractivity contribution in [1.29, 1.82) is 10.5 Å². The minimum atomic E-state index is 0.250. The number of benzene rings is 3. The highest BCUT2D eigenvalue weighted by Crippen LogP contribution is 2.35. The maximum atomic E-state index is 9.37. The fraction of sp³-hybridized carbons (Fsp3) is 0.0476. The molecular formula is C21H14N2O. The highest BCUT2D eigenvalue weighted by atomic mass is 16.5. The van der Waals surface area contributed by atoms with E-state index < -0.39 is 0 Å². The summed E-state index contributed by atoms with van der Waals surface area (Å²) < 4.78 is 6.04. The van der Waals surface area contributed by atoms with Gasteiger partial charge in [0, 0.05) is 5.56 Å². The molecule has 0 aliphatic heterocycles. The third-order valence-electron chi connectivity index (χ3n) is 3.70. The number of nitriles is 2. The monoisotopic (exact) mass is 310 g/mol. The first-order valence-electron chi connectivity index (χ1n) is 7.50. The van der Waals surface area contributed by atoms with E-state index in [2.05, 4.69) is 6.07 Å². The van der Waals surface area contributed by atoms with Crippen LogP contribution in [0.1, 0.15) is 16.7 Å². The van der Waals surface area contributed by atoms with Crippen LogP contribution in [0.3, 0.4) is 0 Å². The van der Waals surface area contributed by atoms with E-state index in [1.807, 2.05) is 61.5 Å². The van der Waals surface area contributed by atoms with Crippen LogP contribution in [-0.2, 0) is 0 Å². The molecule has 3 heteroatoms. The highest BCUT2D eigenvalue weighted by molar-refractivity contribution is 5.71. The fourth-order valence-electron chi connectivity index (χ4n) is 2.51. The van der Waals surface area contributed by atoms with Gasteiger partial charge in [0.15, 0.2) is 0 Å². The SMILES string of the molecule is Cc1ccc(-c2ccccc2)c(Oc2cccc(C#N)c2C#N)c1. The van der Waals surface area contributed by atoms with Crippen molar-refractivity contribution in [2.24, 2.45) is 0 Å². The van der Waals surface area contributed by atoms with Gasteiger partial charge in [0.1, 0.15) is 29.2 Å². The first-order chi connectivity index (χ1) is 11.7. The lowest BCUT2D eigenvalue weighted by molar-refractivity contribution is 0.482. The first kappa shape index (κ1) is 15.3. The van der Waals surface area contributed by atoms with E-state index in [0.29, 0.717) is 17.1 Å².